The van der Waals surface area contributed by atoms with Gasteiger partial charge in [0.15, 0.2) is 0 Å². The van der Waals surface area contributed by atoms with Crippen LogP contribution in [0.15, 0.2) is 57.9 Å². The minimum absolute atomic E-state index is 0.198. The number of halogens is 2. The Morgan fingerprint density at radius 2 is 1.68 bits per heavy atom. The van der Waals surface area contributed by atoms with E-state index in [4.69, 9.17) is 11.6 Å². The van der Waals surface area contributed by atoms with Crippen molar-refractivity contribution in [2.45, 2.75) is 11.4 Å². The van der Waals surface area contributed by atoms with E-state index in [1.54, 1.807) is 12.1 Å². The van der Waals surface area contributed by atoms with Crippen molar-refractivity contribution in [3.8, 4) is 0 Å². The lowest BCUT2D eigenvalue weighted by Gasteiger charge is -2.08. The monoisotopic (exact) mass is 359 g/mol. The predicted molar refractivity (Wildman–Crippen MR) is 79.6 cm³/mol. The second-order valence-electron chi connectivity index (χ2n) is 3.87. The Balaban J connectivity index is 2.14. The van der Waals surface area contributed by atoms with Gasteiger partial charge in [-0.2, -0.15) is 0 Å². The number of hydrogen-bond acceptors (Lipinski definition) is 2. The molecular weight excluding hydrogens is 350 g/mol. The summed E-state index contributed by atoms with van der Waals surface area (Å²) in [4.78, 5) is 0.198. The van der Waals surface area contributed by atoms with E-state index in [0.717, 1.165) is 10.0 Å². The van der Waals surface area contributed by atoms with E-state index in [0.29, 0.717) is 5.02 Å². The van der Waals surface area contributed by atoms with E-state index in [2.05, 4.69) is 20.7 Å². The Morgan fingerprint density at radius 1 is 1.05 bits per heavy atom. The second kappa shape index (κ2) is 6.05. The third kappa shape index (κ3) is 3.79. The lowest BCUT2D eigenvalue weighted by molar-refractivity contribution is 0.581. The molecule has 0 amide bonds. The highest BCUT2D eigenvalue weighted by atomic mass is 79.9. The number of hydrogen-bond donors (Lipinski definition) is 1. The fourth-order valence-electron chi connectivity index (χ4n) is 1.51. The molecule has 0 fully saturated rings. The highest BCUT2D eigenvalue weighted by Gasteiger charge is 2.13. The summed E-state index contributed by atoms with van der Waals surface area (Å²) in [5, 5.41) is 0.504. The van der Waals surface area contributed by atoms with E-state index in [-0.39, 0.29) is 11.4 Å². The van der Waals surface area contributed by atoms with E-state index < -0.39 is 10.0 Å². The van der Waals surface area contributed by atoms with Crippen LogP contribution in [0.1, 0.15) is 5.56 Å². The molecule has 0 atom stereocenters. The average molecular weight is 361 g/mol. The molecule has 0 bridgehead atoms. The van der Waals surface area contributed by atoms with E-state index >= 15 is 0 Å². The first-order valence-corrected chi connectivity index (χ1v) is 8.13. The standard InChI is InChI=1S/C13H11BrClNO2S/c14-13-4-2-1-3-10(13)9-16-19(17,18)12-7-5-11(15)6-8-12/h1-8,16H,9H2. The Labute approximate surface area is 125 Å². The van der Waals surface area contributed by atoms with E-state index in [1.165, 1.54) is 12.1 Å². The average Bonchev–Trinajstić information content (AvgIpc) is 2.38. The molecule has 3 nitrogen and oxygen atoms in total. The maximum absolute atomic E-state index is 12.1. The topological polar surface area (TPSA) is 46.2 Å². The van der Waals surface area contributed by atoms with Gasteiger partial charge in [0, 0.05) is 16.0 Å². The molecular formula is C13H11BrClNO2S. The fraction of sp³-hybridized carbons (Fsp3) is 0.0769. The van der Waals surface area contributed by atoms with Crippen LogP contribution in [0.3, 0.4) is 0 Å². The summed E-state index contributed by atoms with van der Waals surface area (Å²) >= 11 is 9.11. The lowest BCUT2D eigenvalue weighted by Crippen LogP contribution is -2.23. The Kier molecular flexibility index (Phi) is 4.62. The van der Waals surface area contributed by atoms with E-state index in [9.17, 15) is 8.42 Å². The normalized spacial score (nSPS) is 11.5. The number of nitrogens with one attached hydrogen (secondary N) is 1. The summed E-state index contributed by atoms with van der Waals surface area (Å²) in [5.41, 5.74) is 0.875. The molecule has 2 aromatic rings. The van der Waals surface area contributed by atoms with Gasteiger partial charge in [-0.1, -0.05) is 45.7 Å². The third-order valence-corrected chi connectivity index (χ3v) is 4.98. The molecule has 0 spiro atoms. The molecule has 100 valence electrons. The molecule has 2 aromatic carbocycles. The van der Waals surface area contributed by atoms with Gasteiger partial charge in [-0.3, -0.25) is 0 Å². The van der Waals surface area contributed by atoms with Crippen molar-refractivity contribution in [2.24, 2.45) is 0 Å². The van der Waals surface area contributed by atoms with Crippen LogP contribution in [0, 0.1) is 0 Å². The Hall–Kier alpha value is -0.880. The molecule has 0 unspecified atom stereocenters. The molecule has 0 aliphatic rings. The van der Waals surface area contributed by atoms with Crippen molar-refractivity contribution in [2.75, 3.05) is 0 Å². The van der Waals surface area contributed by atoms with Crippen LogP contribution >= 0.6 is 27.5 Å². The first-order chi connectivity index (χ1) is 8.99. The number of sulfonamides is 1. The summed E-state index contributed by atoms with van der Waals surface area (Å²) in [6.45, 7) is 0.229. The van der Waals surface area contributed by atoms with Crippen LogP contribution in [0.2, 0.25) is 5.02 Å². The summed E-state index contributed by atoms with van der Waals surface area (Å²) in [6, 6.07) is 13.5. The quantitative estimate of drug-likeness (QED) is 0.906. The van der Waals surface area contributed by atoms with Gasteiger partial charge in [0.25, 0.3) is 0 Å². The molecule has 0 saturated carbocycles. The molecule has 0 aliphatic heterocycles. The number of benzene rings is 2. The maximum Gasteiger partial charge on any atom is 0.240 e. The fourth-order valence-corrected chi connectivity index (χ4v) is 3.07. The van der Waals surface area contributed by atoms with Crippen molar-refractivity contribution < 1.29 is 8.42 Å². The van der Waals surface area contributed by atoms with Gasteiger partial charge in [-0.15, -0.1) is 0 Å². The SMILES string of the molecule is O=S(=O)(NCc1ccccc1Br)c1ccc(Cl)cc1. The van der Waals surface area contributed by atoms with Gasteiger partial charge >= 0.3 is 0 Å². The molecule has 0 radical (unpaired) electrons. The minimum atomic E-state index is -3.52. The molecule has 0 saturated heterocycles. The first-order valence-electron chi connectivity index (χ1n) is 5.48. The maximum atomic E-state index is 12.1. The molecule has 0 aliphatic carbocycles. The summed E-state index contributed by atoms with van der Waals surface area (Å²) in [6.07, 6.45) is 0. The summed E-state index contributed by atoms with van der Waals surface area (Å²) in [5.74, 6) is 0. The molecule has 0 heterocycles. The smallest absolute Gasteiger partial charge is 0.207 e. The van der Waals surface area contributed by atoms with Gasteiger partial charge in [-0.25, -0.2) is 13.1 Å². The highest BCUT2D eigenvalue weighted by Crippen LogP contribution is 2.17. The predicted octanol–water partition coefficient (Wildman–Crippen LogP) is 3.58. The largest absolute Gasteiger partial charge is 0.240 e. The summed E-state index contributed by atoms with van der Waals surface area (Å²) in [7, 11) is -3.52. The van der Waals surface area contributed by atoms with Crippen LogP contribution in [0.5, 0.6) is 0 Å². The van der Waals surface area contributed by atoms with Crippen LogP contribution in [-0.4, -0.2) is 8.42 Å². The van der Waals surface area contributed by atoms with Crippen molar-refractivity contribution >= 4 is 37.6 Å². The minimum Gasteiger partial charge on any atom is -0.207 e. The first kappa shape index (κ1) is 14.5. The molecule has 19 heavy (non-hydrogen) atoms. The van der Waals surface area contributed by atoms with Gasteiger partial charge in [-0.05, 0) is 35.9 Å². The summed E-state index contributed by atoms with van der Waals surface area (Å²) < 4.78 is 27.5. The van der Waals surface area contributed by atoms with Crippen LogP contribution in [0.25, 0.3) is 0 Å². The van der Waals surface area contributed by atoms with Gasteiger partial charge < -0.3 is 0 Å². The van der Waals surface area contributed by atoms with Gasteiger partial charge in [0.1, 0.15) is 0 Å². The van der Waals surface area contributed by atoms with Crippen LogP contribution < -0.4 is 4.72 Å². The van der Waals surface area contributed by atoms with Crippen LogP contribution in [0.4, 0.5) is 0 Å². The van der Waals surface area contributed by atoms with E-state index in [1.807, 2.05) is 24.3 Å². The second-order valence-corrected chi connectivity index (χ2v) is 6.93. The van der Waals surface area contributed by atoms with Crippen molar-refractivity contribution in [3.63, 3.8) is 0 Å². The Bertz CT molecular complexity index is 671. The molecule has 2 rings (SSSR count). The molecule has 1 N–H and O–H groups in total. The zero-order chi connectivity index (χ0) is 13.9. The lowest BCUT2D eigenvalue weighted by atomic mass is 10.2. The highest BCUT2D eigenvalue weighted by molar-refractivity contribution is 9.10. The van der Waals surface area contributed by atoms with Crippen molar-refractivity contribution in [1.82, 2.24) is 4.72 Å². The molecule has 6 heteroatoms. The van der Waals surface area contributed by atoms with Gasteiger partial charge in [0.05, 0.1) is 4.90 Å². The number of rotatable bonds is 4. The zero-order valence-corrected chi connectivity index (χ0v) is 13.0. The molecule has 0 aromatic heterocycles. The van der Waals surface area contributed by atoms with Crippen molar-refractivity contribution in [3.05, 3.63) is 63.6 Å². The Morgan fingerprint density at radius 3 is 2.32 bits per heavy atom. The van der Waals surface area contributed by atoms with Crippen LogP contribution in [-0.2, 0) is 16.6 Å². The van der Waals surface area contributed by atoms with Gasteiger partial charge in [0.2, 0.25) is 10.0 Å². The van der Waals surface area contributed by atoms with Crippen molar-refractivity contribution in [1.29, 1.82) is 0 Å². The third-order valence-electron chi connectivity index (χ3n) is 2.53. The zero-order valence-electron chi connectivity index (χ0n) is 9.81.